The van der Waals surface area contributed by atoms with E-state index in [0.717, 1.165) is 61.2 Å². The van der Waals surface area contributed by atoms with E-state index in [1.165, 1.54) is 0 Å². The van der Waals surface area contributed by atoms with E-state index in [9.17, 15) is 0 Å². The summed E-state index contributed by atoms with van der Waals surface area (Å²) in [5.41, 5.74) is 6.60. The van der Waals surface area contributed by atoms with Crippen LogP contribution in [0, 0.1) is 0 Å². The molecule has 8 aromatic rings. The van der Waals surface area contributed by atoms with Crippen LogP contribution in [0.15, 0.2) is 176 Å². The SMILES string of the molecule is c1ccc(-c2nc(-c3cccc(C4(c5ccccc5)c5ccccc5Oc5ccccc54)c3)nc(-c3cccc4ccccc34)n2)cc1. The van der Waals surface area contributed by atoms with Gasteiger partial charge in [-0.15, -0.1) is 0 Å². The van der Waals surface area contributed by atoms with Gasteiger partial charge in [0, 0.05) is 27.8 Å². The van der Waals surface area contributed by atoms with Crippen LogP contribution in [0.3, 0.4) is 0 Å². The molecule has 0 saturated heterocycles. The molecule has 2 heterocycles. The van der Waals surface area contributed by atoms with Crippen LogP contribution in [-0.4, -0.2) is 15.0 Å². The Kier molecular flexibility index (Phi) is 6.65. The highest BCUT2D eigenvalue weighted by Gasteiger charge is 2.45. The topological polar surface area (TPSA) is 47.9 Å². The van der Waals surface area contributed by atoms with E-state index < -0.39 is 5.41 Å². The Morgan fingerprint density at radius 2 is 0.917 bits per heavy atom. The number of fused-ring (bicyclic) bond motifs is 3. The summed E-state index contributed by atoms with van der Waals surface area (Å²) in [6.45, 7) is 0. The first kappa shape index (κ1) is 27.9. The fourth-order valence-electron chi connectivity index (χ4n) is 7.13. The van der Waals surface area contributed by atoms with Crippen LogP contribution in [0.25, 0.3) is 44.9 Å². The van der Waals surface area contributed by atoms with Gasteiger partial charge in [0.25, 0.3) is 0 Å². The zero-order valence-corrected chi connectivity index (χ0v) is 26.0. The zero-order chi connectivity index (χ0) is 31.9. The average molecular weight is 616 g/mol. The summed E-state index contributed by atoms with van der Waals surface area (Å²) in [7, 11) is 0. The fraction of sp³-hybridized carbons (Fsp3) is 0.0227. The molecule has 1 aliphatic heterocycles. The number of aromatic nitrogens is 3. The molecule has 7 aromatic carbocycles. The third-order valence-electron chi connectivity index (χ3n) is 9.26. The minimum Gasteiger partial charge on any atom is -0.457 e. The predicted octanol–water partition coefficient (Wildman–Crippen LogP) is 10.5. The van der Waals surface area contributed by atoms with Gasteiger partial charge in [-0.05, 0) is 40.1 Å². The van der Waals surface area contributed by atoms with Crippen LogP contribution < -0.4 is 4.74 Å². The Morgan fingerprint density at radius 3 is 1.67 bits per heavy atom. The molecule has 0 bridgehead atoms. The Bertz CT molecular complexity index is 2390. The summed E-state index contributed by atoms with van der Waals surface area (Å²) in [6.07, 6.45) is 0. The fourth-order valence-corrected chi connectivity index (χ4v) is 7.13. The minimum absolute atomic E-state index is 0.616. The van der Waals surface area contributed by atoms with Gasteiger partial charge in [0.15, 0.2) is 17.5 Å². The monoisotopic (exact) mass is 615 g/mol. The molecule has 0 aliphatic carbocycles. The van der Waals surface area contributed by atoms with Gasteiger partial charge in [-0.2, -0.15) is 0 Å². The zero-order valence-electron chi connectivity index (χ0n) is 26.0. The maximum absolute atomic E-state index is 6.52. The highest BCUT2D eigenvalue weighted by molar-refractivity contribution is 5.95. The maximum atomic E-state index is 6.52. The normalized spacial score (nSPS) is 12.9. The average Bonchev–Trinajstić information content (AvgIpc) is 3.17. The van der Waals surface area contributed by atoms with Gasteiger partial charge in [-0.25, -0.2) is 15.0 Å². The van der Waals surface area contributed by atoms with Crippen molar-refractivity contribution < 1.29 is 4.74 Å². The molecule has 0 radical (unpaired) electrons. The molecular formula is C44H29N3O. The molecule has 4 nitrogen and oxygen atoms in total. The van der Waals surface area contributed by atoms with Crippen molar-refractivity contribution in [2.24, 2.45) is 0 Å². The van der Waals surface area contributed by atoms with Crippen LogP contribution in [0.5, 0.6) is 11.5 Å². The van der Waals surface area contributed by atoms with E-state index in [1.54, 1.807) is 0 Å². The first-order valence-electron chi connectivity index (χ1n) is 16.1. The highest BCUT2D eigenvalue weighted by Crippen LogP contribution is 2.55. The van der Waals surface area contributed by atoms with E-state index in [0.29, 0.717) is 17.5 Å². The molecule has 0 spiro atoms. The van der Waals surface area contributed by atoms with Gasteiger partial charge in [-0.1, -0.05) is 158 Å². The van der Waals surface area contributed by atoms with Gasteiger partial charge >= 0.3 is 0 Å². The van der Waals surface area contributed by atoms with Crippen molar-refractivity contribution >= 4 is 10.8 Å². The number of para-hydroxylation sites is 2. The Hall–Kier alpha value is -6.39. The van der Waals surface area contributed by atoms with Gasteiger partial charge in [0.05, 0.1) is 5.41 Å². The highest BCUT2D eigenvalue weighted by atomic mass is 16.5. The summed E-state index contributed by atoms with van der Waals surface area (Å²) in [4.78, 5) is 15.3. The lowest BCUT2D eigenvalue weighted by molar-refractivity contribution is 0.434. The maximum Gasteiger partial charge on any atom is 0.164 e. The van der Waals surface area contributed by atoms with Crippen molar-refractivity contribution in [1.82, 2.24) is 15.0 Å². The summed E-state index contributed by atoms with van der Waals surface area (Å²) in [5, 5.41) is 2.24. The molecule has 0 saturated carbocycles. The molecule has 0 atom stereocenters. The lowest BCUT2D eigenvalue weighted by Crippen LogP contribution is -2.34. The first-order valence-corrected chi connectivity index (χ1v) is 16.1. The van der Waals surface area contributed by atoms with Crippen LogP contribution in [-0.2, 0) is 5.41 Å². The summed E-state index contributed by atoms with van der Waals surface area (Å²) < 4.78 is 6.52. The summed E-state index contributed by atoms with van der Waals surface area (Å²) in [5.74, 6) is 3.57. The number of hydrogen-bond donors (Lipinski definition) is 0. The van der Waals surface area contributed by atoms with Crippen LogP contribution in [0.2, 0.25) is 0 Å². The van der Waals surface area contributed by atoms with E-state index in [2.05, 4.69) is 133 Å². The Morgan fingerprint density at radius 1 is 0.396 bits per heavy atom. The smallest absolute Gasteiger partial charge is 0.164 e. The van der Waals surface area contributed by atoms with E-state index in [1.807, 2.05) is 42.5 Å². The third kappa shape index (κ3) is 4.50. The molecule has 1 aromatic heterocycles. The van der Waals surface area contributed by atoms with Crippen molar-refractivity contribution in [3.63, 3.8) is 0 Å². The second-order valence-electron chi connectivity index (χ2n) is 12.0. The molecule has 226 valence electrons. The van der Waals surface area contributed by atoms with Crippen LogP contribution in [0.1, 0.15) is 22.3 Å². The molecule has 0 fully saturated rings. The summed E-state index contributed by atoms with van der Waals surface area (Å²) >= 11 is 0. The van der Waals surface area contributed by atoms with Crippen LogP contribution >= 0.6 is 0 Å². The molecular weight excluding hydrogens is 587 g/mol. The molecule has 0 unspecified atom stereocenters. The number of nitrogens with zero attached hydrogens (tertiary/aromatic N) is 3. The van der Waals surface area contributed by atoms with Crippen molar-refractivity contribution in [3.05, 3.63) is 198 Å². The number of hydrogen-bond acceptors (Lipinski definition) is 4. The number of ether oxygens (including phenoxy) is 1. The quantitative estimate of drug-likeness (QED) is 0.193. The van der Waals surface area contributed by atoms with E-state index in [4.69, 9.17) is 19.7 Å². The van der Waals surface area contributed by atoms with Gasteiger partial charge < -0.3 is 4.74 Å². The largest absolute Gasteiger partial charge is 0.457 e. The second kappa shape index (κ2) is 11.4. The Balaban J connectivity index is 1.31. The number of rotatable bonds is 5. The second-order valence-corrected chi connectivity index (χ2v) is 12.0. The predicted molar refractivity (Wildman–Crippen MR) is 192 cm³/mol. The molecule has 0 N–H and O–H groups in total. The number of benzene rings is 7. The Labute approximate surface area is 279 Å². The van der Waals surface area contributed by atoms with Gasteiger partial charge in [-0.3, -0.25) is 0 Å². The van der Waals surface area contributed by atoms with Crippen molar-refractivity contribution in [2.75, 3.05) is 0 Å². The minimum atomic E-state index is -0.642. The molecule has 1 aliphatic rings. The van der Waals surface area contributed by atoms with E-state index >= 15 is 0 Å². The lowest BCUT2D eigenvalue weighted by atomic mass is 9.63. The molecule has 48 heavy (non-hydrogen) atoms. The third-order valence-corrected chi connectivity index (χ3v) is 9.26. The summed E-state index contributed by atoms with van der Waals surface area (Å²) in [6, 6.07) is 60.8. The molecule has 0 amide bonds. The first-order chi connectivity index (χ1) is 23.8. The van der Waals surface area contributed by atoms with Crippen LogP contribution in [0.4, 0.5) is 0 Å². The molecule has 9 rings (SSSR count). The van der Waals surface area contributed by atoms with Crippen molar-refractivity contribution in [2.45, 2.75) is 5.41 Å². The lowest BCUT2D eigenvalue weighted by Gasteiger charge is -2.41. The van der Waals surface area contributed by atoms with Crippen molar-refractivity contribution in [3.8, 4) is 45.7 Å². The van der Waals surface area contributed by atoms with Gasteiger partial charge in [0.2, 0.25) is 0 Å². The van der Waals surface area contributed by atoms with Crippen molar-refractivity contribution in [1.29, 1.82) is 0 Å². The standard InChI is InChI=1S/C44H29N3O/c1-3-16-31(17-4-1)41-45-42(47-43(46-41)36-24-14-18-30-15-7-8-23-35(30)36)32-19-13-22-34(29-32)44(33-20-5-2-6-21-33)37-25-9-11-27-39(37)48-40-28-12-10-26-38(40)44/h1-29H. The van der Waals surface area contributed by atoms with E-state index in [-0.39, 0.29) is 0 Å². The van der Waals surface area contributed by atoms with Gasteiger partial charge in [0.1, 0.15) is 11.5 Å². The molecule has 4 heteroatoms.